The predicted octanol–water partition coefficient (Wildman–Crippen LogP) is -13.1. The lowest BCUT2D eigenvalue weighted by Crippen LogP contribution is -2.72. The van der Waals surface area contributed by atoms with Crippen LogP contribution in [0.3, 0.4) is 0 Å². The number of amides is 3. The van der Waals surface area contributed by atoms with Crippen LogP contribution in [0.5, 0.6) is 0 Å². The zero-order valence-corrected chi connectivity index (χ0v) is 41.1. The molecule has 77 heavy (non-hydrogen) atoms. The van der Waals surface area contributed by atoms with Gasteiger partial charge in [0.15, 0.2) is 18.9 Å². The van der Waals surface area contributed by atoms with Crippen LogP contribution >= 0.6 is 0 Å². The third-order valence-electron chi connectivity index (χ3n) is 13.5. The lowest BCUT2D eigenvalue weighted by Gasteiger charge is -2.52. The van der Waals surface area contributed by atoms with E-state index < -0.39 is 240 Å². The molecule has 21 N–H and O–H groups in total. The number of carbonyl (C=O) groups is 5. The lowest BCUT2D eigenvalue weighted by molar-refractivity contribution is -0.401. The highest BCUT2D eigenvalue weighted by atomic mass is 16.8. The number of ether oxygens (including phenoxy) is 9. The van der Waals surface area contributed by atoms with E-state index in [1.165, 1.54) is 0 Å². The molecule has 444 valence electrons. The van der Waals surface area contributed by atoms with E-state index in [9.17, 15) is 116 Å². The highest BCUT2D eigenvalue weighted by Crippen LogP contribution is 2.42. The van der Waals surface area contributed by atoms with Gasteiger partial charge in [0.05, 0.1) is 57.3 Å². The summed E-state index contributed by atoms with van der Waals surface area (Å²) < 4.78 is 51.5. The third-order valence-corrected chi connectivity index (χ3v) is 13.5. The monoisotopic (exact) mass is 1130 g/mol. The second-order valence-electron chi connectivity index (χ2n) is 19.0. The van der Waals surface area contributed by atoms with Crippen LogP contribution in [0.15, 0.2) is 0 Å². The molecule has 5 aliphatic rings. The van der Waals surface area contributed by atoms with Gasteiger partial charge in [0.2, 0.25) is 17.7 Å². The SMILES string of the molecule is CC(=O)NC1C(O)[C@@H](O)[C@H](CO)O[C@H]1O[C@@H]1C(OC2(C(=O)O)C[C@@H](O)[C@@H](NC(C)=O)C(C(O)C(CO)OC3(C(=O)O)C[C@@H](O)[C@@H](NC(C)=O)C(C(O)C(O)CO)O3)O2)C(O)[C@H](O[C@@H]2C(CO)O[C@@H](O)[C@@H](O)C2O)O[C@H]1CO. The van der Waals surface area contributed by atoms with Crippen molar-refractivity contribution in [1.29, 1.82) is 0 Å². The maximum absolute atomic E-state index is 13.7. The Balaban J connectivity index is 1.61. The molecule has 3 amide bonds. The molecule has 0 spiro atoms. The van der Waals surface area contributed by atoms with Gasteiger partial charge in [-0.3, -0.25) is 14.4 Å². The van der Waals surface area contributed by atoms with E-state index in [-0.39, 0.29) is 0 Å². The molecule has 5 rings (SSSR count). The van der Waals surface area contributed by atoms with Gasteiger partial charge >= 0.3 is 11.9 Å². The third kappa shape index (κ3) is 13.9. The van der Waals surface area contributed by atoms with Crippen LogP contribution in [-0.4, -0.2) is 319 Å². The first-order valence-corrected chi connectivity index (χ1v) is 23.9. The molecular formula is C42H69N3O32. The van der Waals surface area contributed by atoms with E-state index in [0.717, 1.165) is 20.8 Å². The van der Waals surface area contributed by atoms with Crippen LogP contribution in [-0.2, 0) is 66.6 Å². The van der Waals surface area contributed by atoms with E-state index >= 15 is 0 Å². The summed E-state index contributed by atoms with van der Waals surface area (Å²) in [6.45, 7) is -3.24. The van der Waals surface area contributed by atoms with Crippen LogP contribution in [0.2, 0.25) is 0 Å². The highest BCUT2D eigenvalue weighted by Gasteiger charge is 2.63. The zero-order valence-electron chi connectivity index (χ0n) is 41.1. The fraction of sp³-hybridized carbons (Fsp3) is 0.881. The van der Waals surface area contributed by atoms with Gasteiger partial charge in [0.1, 0.15) is 110 Å². The van der Waals surface area contributed by atoms with E-state index in [2.05, 4.69) is 16.0 Å². The van der Waals surface area contributed by atoms with Crippen LogP contribution in [0, 0.1) is 0 Å². The van der Waals surface area contributed by atoms with Crippen molar-refractivity contribution in [2.24, 2.45) is 0 Å². The van der Waals surface area contributed by atoms with E-state index in [1.54, 1.807) is 0 Å². The Hall–Kier alpha value is -3.65. The van der Waals surface area contributed by atoms with Crippen LogP contribution in [0.1, 0.15) is 33.6 Å². The Morgan fingerprint density at radius 1 is 0.532 bits per heavy atom. The Morgan fingerprint density at radius 3 is 1.49 bits per heavy atom. The molecule has 27 atom stereocenters. The van der Waals surface area contributed by atoms with Gasteiger partial charge in [0, 0.05) is 33.6 Å². The summed E-state index contributed by atoms with van der Waals surface area (Å²) in [6.07, 6.45) is -50.7. The standard InChI is InChI=1S/C42H69N3O32/c1-11(51)43-21-14(54)4-41(39(65)66,75-33(21)24(57)16(56)6-46)74-18(8-48)26(59)34-22(44-12(2)52)15(55)5-42(76-34,40(67)68)77-35-30(63)38(72-31-19(9-49)69-36(64)29(62)28(31)61)71-20(10-50)32(35)73-37-23(45-13(3)53)27(60)25(58)17(7-47)70-37/h14-38,46-50,54-64H,4-10H2,1-3H3,(H,43,51)(H,44,52)(H,45,53)(H,65,66)(H,67,68)/t14-,15-,16?,17+,18?,19?,20+,21-,22-,23?,24?,25+,26?,27?,28?,29+,30?,31-,32+,33?,34?,35?,36-,37+,38+,41?,42?/m1/s1. The average Bonchev–Trinajstić information content (AvgIpc) is 3.39. The number of carboxylic acid groups (broad SMARTS) is 2. The minimum Gasteiger partial charge on any atom is -0.477 e. The first-order valence-electron chi connectivity index (χ1n) is 23.9. The van der Waals surface area contributed by atoms with Gasteiger partial charge in [-0.2, -0.15) is 0 Å². The van der Waals surface area contributed by atoms with E-state index in [0.29, 0.717) is 0 Å². The molecule has 0 saturated carbocycles. The average molecular weight is 1130 g/mol. The number of hydrogen-bond acceptors (Lipinski definition) is 30. The molecule has 14 unspecified atom stereocenters. The number of hydrogen-bond donors (Lipinski definition) is 21. The number of carboxylic acids is 2. The summed E-state index contributed by atoms with van der Waals surface area (Å²) in [5.74, 6) is -14.1. The summed E-state index contributed by atoms with van der Waals surface area (Å²) >= 11 is 0. The van der Waals surface area contributed by atoms with Gasteiger partial charge in [-0.05, 0) is 0 Å². The van der Waals surface area contributed by atoms with Crippen molar-refractivity contribution in [2.45, 2.75) is 198 Å². The van der Waals surface area contributed by atoms with Crippen molar-refractivity contribution in [1.82, 2.24) is 16.0 Å². The van der Waals surface area contributed by atoms with Crippen molar-refractivity contribution in [3.63, 3.8) is 0 Å². The number of aliphatic hydroxyl groups excluding tert-OH is 16. The van der Waals surface area contributed by atoms with Gasteiger partial charge in [-0.25, -0.2) is 9.59 Å². The Labute approximate surface area is 434 Å². The molecule has 0 aromatic heterocycles. The highest BCUT2D eigenvalue weighted by molar-refractivity contribution is 5.77. The smallest absolute Gasteiger partial charge is 0.364 e. The molecule has 5 saturated heterocycles. The van der Waals surface area contributed by atoms with Crippen molar-refractivity contribution < 1.29 is 159 Å². The fourth-order valence-electron chi connectivity index (χ4n) is 9.64. The topological polar surface area (TPSA) is 569 Å². The molecule has 5 fully saturated rings. The first-order chi connectivity index (χ1) is 36.0. The van der Waals surface area contributed by atoms with Crippen LogP contribution in [0.4, 0.5) is 0 Å². The largest absolute Gasteiger partial charge is 0.477 e. The summed E-state index contributed by atoms with van der Waals surface area (Å²) in [6, 6.07) is -5.55. The van der Waals surface area contributed by atoms with Crippen LogP contribution in [0.25, 0.3) is 0 Å². The van der Waals surface area contributed by atoms with Crippen LogP contribution < -0.4 is 16.0 Å². The van der Waals surface area contributed by atoms with Gasteiger partial charge in [-0.1, -0.05) is 0 Å². The molecule has 5 aliphatic heterocycles. The fourth-order valence-corrected chi connectivity index (χ4v) is 9.64. The molecule has 0 aromatic rings. The van der Waals surface area contributed by atoms with Crippen molar-refractivity contribution in [3.8, 4) is 0 Å². The number of aliphatic carboxylic acids is 2. The zero-order chi connectivity index (χ0) is 57.8. The maximum Gasteiger partial charge on any atom is 0.364 e. The van der Waals surface area contributed by atoms with Crippen molar-refractivity contribution in [3.05, 3.63) is 0 Å². The summed E-state index contributed by atoms with van der Waals surface area (Å²) in [7, 11) is 0. The molecule has 0 aromatic carbocycles. The summed E-state index contributed by atoms with van der Waals surface area (Å²) in [4.78, 5) is 63.9. The second kappa shape index (κ2) is 26.7. The Kier molecular flexibility index (Phi) is 22.3. The molecule has 35 nitrogen and oxygen atoms in total. The first kappa shape index (κ1) is 64.2. The summed E-state index contributed by atoms with van der Waals surface area (Å²) in [5.41, 5.74) is 0. The van der Waals surface area contributed by atoms with Gasteiger partial charge in [-0.15, -0.1) is 0 Å². The normalized spacial score (nSPS) is 43.2. The lowest BCUT2D eigenvalue weighted by atomic mass is 9.87. The number of carbonyl (C=O) groups excluding carboxylic acids is 3. The minimum absolute atomic E-state index is 0.873. The molecular weight excluding hydrogens is 1060 g/mol. The molecule has 0 radical (unpaired) electrons. The number of nitrogens with one attached hydrogen (secondary N) is 3. The molecule has 0 aliphatic carbocycles. The number of aliphatic hydroxyl groups is 16. The predicted molar refractivity (Wildman–Crippen MR) is 236 cm³/mol. The van der Waals surface area contributed by atoms with Gasteiger partial charge in [0.25, 0.3) is 11.6 Å². The van der Waals surface area contributed by atoms with Gasteiger partial charge < -0.3 is 150 Å². The van der Waals surface area contributed by atoms with E-state index in [1.807, 2.05) is 0 Å². The summed E-state index contributed by atoms with van der Waals surface area (Å²) in [5, 5.41) is 201. The maximum atomic E-state index is 13.7. The Bertz CT molecular complexity index is 2000. The quantitative estimate of drug-likeness (QED) is 0.0479. The molecule has 0 bridgehead atoms. The van der Waals surface area contributed by atoms with Crippen molar-refractivity contribution in [2.75, 3.05) is 33.0 Å². The van der Waals surface area contributed by atoms with Crippen molar-refractivity contribution >= 4 is 29.7 Å². The second-order valence-corrected chi connectivity index (χ2v) is 19.0. The molecule has 5 heterocycles. The van der Waals surface area contributed by atoms with E-state index in [4.69, 9.17) is 42.6 Å². The molecule has 35 heteroatoms. The number of rotatable bonds is 22. The Morgan fingerprint density at radius 2 is 1.00 bits per heavy atom. The minimum atomic E-state index is -3.53.